The molecule has 1 aromatic rings. The van der Waals surface area contributed by atoms with Crippen molar-refractivity contribution in [1.29, 1.82) is 0 Å². The van der Waals surface area contributed by atoms with Crippen LogP contribution in [-0.2, 0) is 16.0 Å². The molecular weight excluding hydrogens is 298 g/mol. The normalized spacial score (nSPS) is 19.7. The van der Waals surface area contributed by atoms with Crippen LogP contribution in [0.1, 0.15) is 22.6 Å². The Balaban J connectivity index is 1.86. The molecule has 22 heavy (non-hydrogen) atoms. The van der Waals surface area contributed by atoms with E-state index in [2.05, 4.69) is 30.5 Å². The van der Waals surface area contributed by atoms with Gasteiger partial charge in [-0.3, -0.25) is 4.90 Å². The van der Waals surface area contributed by atoms with Gasteiger partial charge in [-0.2, -0.15) is 0 Å². The van der Waals surface area contributed by atoms with E-state index in [1.54, 1.807) is 6.08 Å². The molecule has 0 aromatic carbocycles. The minimum Gasteiger partial charge on any atom is -0.389 e. The van der Waals surface area contributed by atoms with Crippen LogP contribution >= 0.6 is 11.3 Å². The monoisotopic (exact) mass is 325 g/mol. The third kappa shape index (κ3) is 6.18. The van der Waals surface area contributed by atoms with Gasteiger partial charge >= 0.3 is 0 Å². The van der Waals surface area contributed by atoms with Crippen LogP contribution in [0.25, 0.3) is 0 Å². The van der Waals surface area contributed by atoms with Crippen LogP contribution in [0.4, 0.5) is 0 Å². The summed E-state index contributed by atoms with van der Waals surface area (Å²) in [6.07, 6.45) is 3.76. The molecule has 0 bridgehead atoms. The Kier molecular flexibility index (Phi) is 7.55. The van der Waals surface area contributed by atoms with E-state index in [-0.39, 0.29) is 0 Å². The Bertz CT molecular complexity index is 443. The fraction of sp³-hybridized carbons (Fsp3) is 0.647. The molecule has 1 saturated heterocycles. The summed E-state index contributed by atoms with van der Waals surface area (Å²) in [6.45, 7) is 9.75. The van der Waals surface area contributed by atoms with Crippen molar-refractivity contribution in [2.75, 3.05) is 32.9 Å². The first-order valence-electron chi connectivity index (χ1n) is 7.93. The molecule has 2 unspecified atom stereocenters. The summed E-state index contributed by atoms with van der Waals surface area (Å²) in [5.41, 5.74) is 0. The first-order valence-corrected chi connectivity index (χ1v) is 8.75. The van der Waals surface area contributed by atoms with Gasteiger partial charge in [0, 0.05) is 36.0 Å². The molecule has 5 heteroatoms. The average Bonchev–Trinajstić information content (AvgIpc) is 3.11. The fourth-order valence-corrected chi connectivity index (χ4v) is 3.64. The van der Waals surface area contributed by atoms with Crippen LogP contribution < -0.4 is 0 Å². The van der Waals surface area contributed by atoms with E-state index in [4.69, 9.17) is 9.47 Å². The zero-order valence-electron chi connectivity index (χ0n) is 13.4. The van der Waals surface area contributed by atoms with Crippen molar-refractivity contribution in [3.8, 4) is 0 Å². The third-order valence-electron chi connectivity index (χ3n) is 3.68. The Hall–Kier alpha value is -0.720. The SMILES string of the molecule is C=CCOCC(O)CN(Cc1ccc(C)s1)CC1CCCO1. The van der Waals surface area contributed by atoms with Crippen molar-refractivity contribution in [2.24, 2.45) is 0 Å². The molecule has 1 aromatic heterocycles. The molecule has 0 saturated carbocycles. The number of aliphatic hydroxyl groups is 1. The van der Waals surface area contributed by atoms with Gasteiger partial charge in [0.1, 0.15) is 0 Å². The van der Waals surface area contributed by atoms with Gasteiger partial charge in [0.15, 0.2) is 0 Å². The lowest BCUT2D eigenvalue weighted by Gasteiger charge is -2.27. The smallest absolute Gasteiger partial charge is 0.0900 e. The molecule has 0 aliphatic carbocycles. The van der Waals surface area contributed by atoms with Crippen LogP contribution in [0.3, 0.4) is 0 Å². The summed E-state index contributed by atoms with van der Waals surface area (Å²) in [5, 5.41) is 10.2. The second-order valence-electron chi connectivity index (χ2n) is 5.82. The van der Waals surface area contributed by atoms with Gasteiger partial charge in [0.05, 0.1) is 25.4 Å². The van der Waals surface area contributed by atoms with E-state index in [0.717, 1.165) is 32.5 Å². The number of hydrogen-bond donors (Lipinski definition) is 1. The van der Waals surface area contributed by atoms with Crippen LogP contribution in [-0.4, -0.2) is 55.1 Å². The standard InChI is InChI=1S/C17H27NO3S/c1-3-8-20-13-15(19)10-18(11-16-5-4-9-21-16)12-17-7-6-14(2)22-17/h3,6-7,15-16,19H,1,4-5,8-13H2,2H3. The topological polar surface area (TPSA) is 41.9 Å². The molecule has 2 heterocycles. The maximum Gasteiger partial charge on any atom is 0.0900 e. The largest absolute Gasteiger partial charge is 0.389 e. The Morgan fingerprint density at radius 2 is 2.45 bits per heavy atom. The van der Waals surface area contributed by atoms with Gasteiger partial charge in [0.25, 0.3) is 0 Å². The van der Waals surface area contributed by atoms with E-state index in [1.807, 2.05) is 11.3 Å². The average molecular weight is 325 g/mol. The molecular formula is C17H27NO3S. The summed E-state index contributed by atoms with van der Waals surface area (Å²) >= 11 is 1.81. The predicted octanol–water partition coefficient (Wildman–Crippen LogP) is 2.60. The summed E-state index contributed by atoms with van der Waals surface area (Å²) in [4.78, 5) is 4.93. The highest BCUT2D eigenvalue weighted by Gasteiger charge is 2.21. The van der Waals surface area contributed by atoms with Crippen LogP contribution in [0.2, 0.25) is 0 Å². The number of aryl methyl sites for hydroxylation is 1. The lowest BCUT2D eigenvalue weighted by atomic mass is 10.2. The lowest BCUT2D eigenvalue weighted by Crippen LogP contribution is -2.38. The van der Waals surface area contributed by atoms with Crippen molar-refractivity contribution >= 4 is 11.3 Å². The van der Waals surface area contributed by atoms with Crippen molar-refractivity contribution < 1.29 is 14.6 Å². The first kappa shape index (κ1) is 17.6. The van der Waals surface area contributed by atoms with E-state index < -0.39 is 6.10 Å². The third-order valence-corrected chi connectivity index (χ3v) is 4.66. The fourth-order valence-electron chi connectivity index (χ4n) is 2.71. The molecule has 124 valence electrons. The maximum atomic E-state index is 10.2. The summed E-state index contributed by atoms with van der Waals surface area (Å²) in [6, 6.07) is 4.32. The second-order valence-corrected chi connectivity index (χ2v) is 7.19. The van der Waals surface area contributed by atoms with Gasteiger partial charge in [-0.15, -0.1) is 17.9 Å². The molecule has 1 aliphatic rings. The van der Waals surface area contributed by atoms with E-state index in [0.29, 0.717) is 25.9 Å². The lowest BCUT2D eigenvalue weighted by molar-refractivity contribution is 0.00882. The molecule has 2 atom stereocenters. The predicted molar refractivity (Wildman–Crippen MR) is 90.3 cm³/mol. The summed E-state index contributed by atoms with van der Waals surface area (Å²) in [5.74, 6) is 0. The molecule has 0 amide bonds. The number of hydrogen-bond acceptors (Lipinski definition) is 5. The molecule has 1 fully saturated rings. The Morgan fingerprint density at radius 3 is 3.09 bits per heavy atom. The molecule has 2 rings (SSSR count). The Labute approximate surface area is 137 Å². The molecule has 0 radical (unpaired) electrons. The minimum absolute atomic E-state index is 0.294. The highest BCUT2D eigenvalue weighted by atomic mass is 32.1. The molecule has 0 spiro atoms. The van der Waals surface area contributed by atoms with Gasteiger partial charge in [0.2, 0.25) is 0 Å². The van der Waals surface area contributed by atoms with Crippen molar-refractivity contribution in [3.63, 3.8) is 0 Å². The number of aliphatic hydroxyl groups excluding tert-OH is 1. The minimum atomic E-state index is -0.484. The van der Waals surface area contributed by atoms with Crippen molar-refractivity contribution in [2.45, 2.75) is 38.5 Å². The Morgan fingerprint density at radius 1 is 1.59 bits per heavy atom. The van der Waals surface area contributed by atoms with E-state index in [9.17, 15) is 5.11 Å². The first-order chi connectivity index (χ1) is 10.7. The van der Waals surface area contributed by atoms with Crippen molar-refractivity contribution in [3.05, 3.63) is 34.5 Å². The summed E-state index contributed by atoms with van der Waals surface area (Å²) < 4.78 is 11.1. The number of nitrogens with zero attached hydrogens (tertiary/aromatic N) is 1. The second kappa shape index (κ2) is 9.43. The number of thiophene rings is 1. The van der Waals surface area contributed by atoms with E-state index >= 15 is 0 Å². The van der Waals surface area contributed by atoms with Gasteiger partial charge < -0.3 is 14.6 Å². The number of rotatable bonds is 10. The maximum absolute atomic E-state index is 10.2. The quantitative estimate of drug-likeness (QED) is 0.530. The van der Waals surface area contributed by atoms with Gasteiger partial charge in [-0.05, 0) is 31.9 Å². The van der Waals surface area contributed by atoms with Crippen LogP contribution in [0.5, 0.6) is 0 Å². The van der Waals surface area contributed by atoms with Crippen LogP contribution in [0, 0.1) is 6.92 Å². The highest BCUT2D eigenvalue weighted by Crippen LogP contribution is 2.19. The van der Waals surface area contributed by atoms with Crippen molar-refractivity contribution in [1.82, 2.24) is 4.90 Å². The van der Waals surface area contributed by atoms with Crippen LogP contribution in [0.15, 0.2) is 24.8 Å². The molecule has 4 nitrogen and oxygen atoms in total. The molecule has 1 N–H and O–H groups in total. The number of ether oxygens (including phenoxy) is 2. The zero-order valence-corrected chi connectivity index (χ0v) is 14.2. The highest BCUT2D eigenvalue weighted by molar-refractivity contribution is 7.11. The van der Waals surface area contributed by atoms with Gasteiger partial charge in [-0.1, -0.05) is 6.08 Å². The zero-order chi connectivity index (χ0) is 15.8. The van der Waals surface area contributed by atoms with E-state index in [1.165, 1.54) is 9.75 Å². The molecule has 1 aliphatic heterocycles. The summed E-state index contributed by atoms with van der Waals surface area (Å²) in [7, 11) is 0. The van der Waals surface area contributed by atoms with Gasteiger partial charge in [-0.25, -0.2) is 0 Å².